The van der Waals surface area contributed by atoms with Gasteiger partial charge in [0.05, 0.1) is 23.6 Å². The number of aromatic nitrogens is 4. The van der Waals surface area contributed by atoms with Gasteiger partial charge in [0.2, 0.25) is 5.91 Å². The number of carbonyl (C=O) groups is 1. The van der Waals surface area contributed by atoms with Crippen molar-refractivity contribution >= 4 is 22.2 Å². The molecule has 6 nitrogen and oxygen atoms in total. The number of hydrogen-bond acceptors (Lipinski definition) is 4. The number of nitrogens with zero attached hydrogens (tertiary/aromatic N) is 5. The maximum atomic E-state index is 12.8. The molecule has 0 aliphatic carbocycles. The first-order valence-electron chi connectivity index (χ1n) is 9.88. The number of hydrogen-bond donors (Lipinski definition) is 0. The molecule has 3 aromatic heterocycles. The summed E-state index contributed by atoms with van der Waals surface area (Å²) in [5, 5.41) is 4.66. The fraction of sp³-hybridized carbons (Fsp3) is 0.571. The number of amides is 1. The highest BCUT2D eigenvalue weighted by Gasteiger charge is 2.18. The number of thiazole rings is 1. The molecule has 0 unspecified atom stereocenters. The van der Waals surface area contributed by atoms with Gasteiger partial charge in [-0.1, -0.05) is 13.8 Å². The molecule has 0 aliphatic rings. The molecule has 7 heteroatoms. The third-order valence-electron chi connectivity index (χ3n) is 5.21. The lowest BCUT2D eigenvalue weighted by molar-refractivity contribution is -0.130. The van der Waals surface area contributed by atoms with Crippen LogP contribution in [0.25, 0.3) is 4.96 Å². The number of fused-ring (bicyclic) bond motifs is 1. The first kappa shape index (κ1) is 20.6. The Morgan fingerprint density at radius 1 is 1.21 bits per heavy atom. The first-order valence-corrected chi connectivity index (χ1v) is 10.7. The van der Waals surface area contributed by atoms with Crippen molar-refractivity contribution < 1.29 is 4.79 Å². The summed E-state index contributed by atoms with van der Waals surface area (Å²) in [7, 11) is 1.88. The zero-order chi connectivity index (χ0) is 20.6. The fourth-order valence-corrected chi connectivity index (χ4v) is 4.54. The maximum Gasteiger partial charge on any atom is 0.222 e. The molecule has 0 aromatic carbocycles. The summed E-state index contributed by atoms with van der Waals surface area (Å²) in [6, 6.07) is 0. The monoisotopic (exact) mass is 401 g/mol. The van der Waals surface area contributed by atoms with E-state index in [0.29, 0.717) is 18.9 Å². The largest absolute Gasteiger partial charge is 0.340 e. The van der Waals surface area contributed by atoms with Crippen molar-refractivity contribution in [2.75, 3.05) is 7.05 Å². The summed E-state index contributed by atoms with van der Waals surface area (Å²) < 4.78 is 4.19. The Hall–Kier alpha value is -2.15. The Morgan fingerprint density at radius 2 is 1.93 bits per heavy atom. The molecule has 0 saturated carbocycles. The van der Waals surface area contributed by atoms with E-state index in [9.17, 15) is 4.79 Å². The van der Waals surface area contributed by atoms with Crippen LogP contribution in [0.3, 0.4) is 0 Å². The van der Waals surface area contributed by atoms with E-state index in [4.69, 9.17) is 0 Å². The second-order valence-electron chi connectivity index (χ2n) is 8.11. The Morgan fingerprint density at radius 3 is 2.61 bits per heavy atom. The second kappa shape index (κ2) is 8.07. The van der Waals surface area contributed by atoms with Gasteiger partial charge in [0, 0.05) is 36.8 Å². The lowest BCUT2D eigenvalue weighted by Gasteiger charge is -2.17. The van der Waals surface area contributed by atoms with Crippen molar-refractivity contribution in [3.8, 4) is 0 Å². The van der Waals surface area contributed by atoms with Gasteiger partial charge in [0.15, 0.2) is 4.96 Å². The molecule has 3 aromatic rings. The van der Waals surface area contributed by atoms with Gasteiger partial charge in [-0.2, -0.15) is 5.10 Å². The van der Waals surface area contributed by atoms with Crippen LogP contribution in [0.15, 0.2) is 6.20 Å². The van der Waals surface area contributed by atoms with Crippen LogP contribution in [0, 0.1) is 33.6 Å². The number of imidazole rings is 1. The number of aryl methyl sites for hydroxylation is 3. The van der Waals surface area contributed by atoms with E-state index in [1.807, 2.05) is 25.8 Å². The molecule has 0 N–H and O–H groups in total. The molecule has 152 valence electrons. The van der Waals surface area contributed by atoms with Gasteiger partial charge in [-0.3, -0.25) is 13.9 Å². The summed E-state index contributed by atoms with van der Waals surface area (Å²) in [6.07, 6.45) is 3.33. The summed E-state index contributed by atoms with van der Waals surface area (Å²) in [6.45, 7) is 14.1. The number of carbonyl (C=O) groups excluding carboxylic acids is 1. The molecular formula is C21H31N5OS. The van der Waals surface area contributed by atoms with Crippen LogP contribution in [0.5, 0.6) is 0 Å². The van der Waals surface area contributed by atoms with Gasteiger partial charge in [0.25, 0.3) is 0 Å². The summed E-state index contributed by atoms with van der Waals surface area (Å²) in [4.78, 5) is 21.4. The zero-order valence-electron chi connectivity index (χ0n) is 18.0. The molecule has 28 heavy (non-hydrogen) atoms. The van der Waals surface area contributed by atoms with E-state index < -0.39 is 0 Å². The van der Waals surface area contributed by atoms with E-state index in [0.717, 1.165) is 35.0 Å². The van der Waals surface area contributed by atoms with Gasteiger partial charge in [-0.15, -0.1) is 11.3 Å². The van der Waals surface area contributed by atoms with E-state index in [1.54, 1.807) is 11.3 Å². The normalized spacial score (nSPS) is 11.7. The summed E-state index contributed by atoms with van der Waals surface area (Å²) >= 11 is 1.68. The predicted molar refractivity (Wildman–Crippen MR) is 114 cm³/mol. The molecule has 1 amide bonds. The molecule has 0 spiro atoms. The summed E-state index contributed by atoms with van der Waals surface area (Å²) in [5.74, 6) is 0.701. The van der Waals surface area contributed by atoms with Crippen LogP contribution in [0.2, 0.25) is 0 Å². The molecule has 0 saturated heterocycles. The van der Waals surface area contributed by atoms with Gasteiger partial charge >= 0.3 is 0 Å². The van der Waals surface area contributed by atoms with Crippen molar-refractivity contribution in [1.29, 1.82) is 0 Å². The maximum absolute atomic E-state index is 12.8. The van der Waals surface area contributed by atoms with Crippen LogP contribution in [0.1, 0.15) is 53.5 Å². The molecule has 3 heterocycles. The highest BCUT2D eigenvalue weighted by molar-refractivity contribution is 7.17. The first-order chi connectivity index (χ1) is 13.2. The lowest BCUT2D eigenvalue weighted by atomic mass is 10.1. The van der Waals surface area contributed by atoms with Crippen LogP contribution in [-0.4, -0.2) is 37.0 Å². The Labute approximate surface area is 171 Å². The van der Waals surface area contributed by atoms with Gasteiger partial charge in [0.1, 0.15) is 0 Å². The molecule has 0 atom stereocenters. The lowest BCUT2D eigenvalue weighted by Crippen LogP contribution is -2.27. The standard InChI is InChI=1S/C21H31N5OS/c1-13(2)10-26-17(6)18(15(4)23-26)8-9-20(27)24(7)12-19-16(5)22-21-25(19)11-14(3)28-21/h11,13H,8-10,12H2,1-7H3. The minimum atomic E-state index is 0.150. The SMILES string of the molecule is Cc1cn2c(CN(C)C(=O)CCc3c(C)nn(CC(C)C)c3C)c(C)nc2s1. The van der Waals surface area contributed by atoms with Crippen molar-refractivity contribution in [3.63, 3.8) is 0 Å². The Kier molecular flexibility index (Phi) is 5.93. The third-order valence-corrected chi connectivity index (χ3v) is 6.11. The molecule has 0 radical (unpaired) electrons. The topological polar surface area (TPSA) is 55.4 Å². The second-order valence-corrected chi connectivity index (χ2v) is 9.33. The van der Waals surface area contributed by atoms with Crippen molar-refractivity contribution in [2.24, 2.45) is 5.92 Å². The highest BCUT2D eigenvalue weighted by atomic mass is 32.1. The van der Waals surface area contributed by atoms with E-state index in [1.165, 1.54) is 16.1 Å². The molecule has 0 aliphatic heterocycles. The van der Waals surface area contributed by atoms with E-state index in [-0.39, 0.29) is 5.91 Å². The minimum absolute atomic E-state index is 0.150. The smallest absolute Gasteiger partial charge is 0.222 e. The number of rotatable bonds is 7. The van der Waals surface area contributed by atoms with Crippen LogP contribution < -0.4 is 0 Å². The van der Waals surface area contributed by atoms with Gasteiger partial charge in [-0.25, -0.2) is 4.98 Å². The molecule has 3 rings (SSSR count). The fourth-order valence-electron chi connectivity index (χ4n) is 3.65. The molecule has 0 bridgehead atoms. The Bertz CT molecular complexity index is 994. The van der Waals surface area contributed by atoms with E-state index in [2.05, 4.69) is 53.1 Å². The van der Waals surface area contributed by atoms with Crippen molar-refractivity contribution in [2.45, 2.75) is 67.5 Å². The quantitative estimate of drug-likeness (QED) is 0.600. The zero-order valence-corrected chi connectivity index (χ0v) is 18.9. The van der Waals surface area contributed by atoms with Crippen LogP contribution in [0.4, 0.5) is 0 Å². The highest BCUT2D eigenvalue weighted by Crippen LogP contribution is 2.22. The van der Waals surface area contributed by atoms with Crippen molar-refractivity contribution in [1.82, 2.24) is 24.1 Å². The summed E-state index contributed by atoms with van der Waals surface area (Å²) in [5.41, 5.74) is 5.51. The van der Waals surface area contributed by atoms with E-state index >= 15 is 0 Å². The predicted octanol–water partition coefficient (Wildman–Crippen LogP) is 4.07. The molecule has 0 fully saturated rings. The minimum Gasteiger partial charge on any atom is -0.340 e. The third kappa shape index (κ3) is 4.14. The van der Waals surface area contributed by atoms with Gasteiger partial charge < -0.3 is 4.90 Å². The van der Waals surface area contributed by atoms with Gasteiger partial charge in [-0.05, 0) is 45.6 Å². The van der Waals surface area contributed by atoms with Crippen molar-refractivity contribution in [3.05, 3.63) is 39.4 Å². The molecular weight excluding hydrogens is 370 g/mol. The average molecular weight is 402 g/mol. The van der Waals surface area contributed by atoms with Crippen LogP contribution >= 0.6 is 11.3 Å². The van der Waals surface area contributed by atoms with Crippen LogP contribution in [-0.2, 0) is 24.3 Å². The Balaban J connectivity index is 1.66. The average Bonchev–Trinajstić information content (AvgIpc) is 3.18.